The number of benzene rings is 1. The van der Waals surface area contributed by atoms with Crippen molar-refractivity contribution in [3.8, 4) is 0 Å². The van der Waals surface area contributed by atoms with Crippen LogP contribution in [0.4, 0.5) is 0 Å². The summed E-state index contributed by atoms with van der Waals surface area (Å²) in [4.78, 5) is 10.8. The zero-order chi connectivity index (χ0) is 13.9. The molecule has 2 unspecified atom stereocenters. The molecule has 2 atom stereocenters. The van der Waals surface area contributed by atoms with Gasteiger partial charge in [0, 0.05) is 12.8 Å². The minimum Gasteiger partial charge on any atom is -0.462 e. The Morgan fingerprint density at radius 1 is 1.37 bits per heavy atom. The van der Waals surface area contributed by atoms with Gasteiger partial charge in [-0.25, -0.2) is 0 Å². The molecule has 100 valence electrons. The number of hydrogen-bond donors (Lipinski definition) is 1. The number of rotatable bonds is 3. The van der Waals surface area contributed by atoms with Crippen molar-refractivity contribution in [2.45, 2.75) is 19.4 Å². The van der Waals surface area contributed by atoms with E-state index < -0.39 is 5.60 Å². The summed E-state index contributed by atoms with van der Waals surface area (Å²) < 4.78 is 4.93. The maximum absolute atomic E-state index is 10.8. The monoisotopic (exact) mass is 258 g/mol. The van der Waals surface area contributed by atoms with Crippen LogP contribution in [0.3, 0.4) is 0 Å². The third-order valence-corrected chi connectivity index (χ3v) is 3.38. The number of aliphatic hydroxyl groups is 1. The molecule has 3 nitrogen and oxygen atoms in total. The standard InChI is InChI=1S/C16H18O3/c1-12-10-15(14-6-4-3-5-7-14)8-9-16(12,18)11-19-13(2)17/h3-10,12,18H,11H2,1-2H3. The average molecular weight is 258 g/mol. The molecule has 0 heterocycles. The summed E-state index contributed by atoms with van der Waals surface area (Å²) in [5.74, 6) is -0.501. The molecule has 0 aromatic heterocycles. The van der Waals surface area contributed by atoms with Crippen molar-refractivity contribution in [1.29, 1.82) is 0 Å². The van der Waals surface area contributed by atoms with E-state index in [4.69, 9.17) is 4.74 Å². The van der Waals surface area contributed by atoms with Gasteiger partial charge in [0.25, 0.3) is 0 Å². The number of carbonyl (C=O) groups is 1. The maximum Gasteiger partial charge on any atom is 0.302 e. The highest BCUT2D eigenvalue weighted by Crippen LogP contribution is 2.31. The van der Waals surface area contributed by atoms with Crippen molar-refractivity contribution in [2.24, 2.45) is 5.92 Å². The summed E-state index contributed by atoms with van der Waals surface area (Å²) in [5.41, 5.74) is 1.06. The van der Waals surface area contributed by atoms with Crippen LogP contribution in [0.25, 0.3) is 5.57 Å². The van der Waals surface area contributed by atoms with Crippen molar-refractivity contribution in [2.75, 3.05) is 6.61 Å². The van der Waals surface area contributed by atoms with Gasteiger partial charge in [-0.05, 0) is 17.2 Å². The topological polar surface area (TPSA) is 46.5 Å². The second-order valence-corrected chi connectivity index (χ2v) is 4.88. The lowest BCUT2D eigenvalue weighted by Gasteiger charge is -2.32. The van der Waals surface area contributed by atoms with Crippen molar-refractivity contribution in [3.63, 3.8) is 0 Å². The zero-order valence-corrected chi connectivity index (χ0v) is 11.2. The molecule has 0 amide bonds. The van der Waals surface area contributed by atoms with Crippen LogP contribution in [-0.2, 0) is 9.53 Å². The Bertz CT molecular complexity index is 516. The van der Waals surface area contributed by atoms with Gasteiger partial charge in [-0.2, -0.15) is 0 Å². The molecule has 0 spiro atoms. The Hall–Kier alpha value is -1.87. The van der Waals surface area contributed by atoms with E-state index in [1.807, 2.05) is 49.4 Å². The molecule has 1 aromatic carbocycles. The predicted molar refractivity (Wildman–Crippen MR) is 74.3 cm³/mol. The van der Waals surface area contributed by atoms with E-state index in [0.717, 1.165) is 11.1 Å². The Labute approximate surface area is 113 Å². The van der Waals surface area contributed by atoms with E-state index in [0.29, 0.717) is 0 Å². The van der Waals surface area contributed by atoms with E-state index in [1.165, 1.54) is 6.92 Å². The van der Waals surface area contributed by atoms with Gasteiger partial charge in [-0.3, -0.25) is 4.79 Å². The molecule has 3 heteroatoms. The summed E-state index contributed by atoms with van der Waals surface area (Å²) >= 11 is 0. The molecule has 0 aliphatic heterocycles. The molecule has 0 saturated heterocycles. The van der Waals surface area contributed by atoms with E-state index in [2.05, 4.69) is 0 Å². The van der Waals surface area contributed by atoms with Gasteiger partial charge < -0.3 is 9.84 Å². The summed E-state index contributed by atoms with van der Waals surface area (Å²) in [6.45, 7) is 3.24. The fourth-order valence-electron chi connectivity index (χ4n) is 2.07. The Balaban J connectivity index is 2.15. The van der Waals surface area contributed by atoms with Gasteiger partial charge in [0.15, 0.2) is 0 Å². The molecular formula is C16H18O3. The molecule has 0 bridgehead atoms. The first-order valence-electron chi connectivity index (χ1n) is 6.33. The third-order valence-electron chi connectivity index (χ3n) is 3.38. The molecule has 19 heavy (non-hydrogen) atoms. The highest BCUT2D eigenvalue weighted by atomic mass is 16.5. The molecule has 0 radical (unpaired) electrons. The van der Waals surface area contributed by atoms with E-state index in [9.17, 15) is 9.90 Å². The second kappa shape index (κ2) is 5.41. The normalized spacial score (nSPS) is 25.8. The number of allylic oxidation sites excluding steroid dienone is 2. The zero-order valence-electron chi connectivity index (χ0n) is 11.2. The quantitative estimate of drug-likeness (QED) is 0.848. The number of esters is 1. The van der Waals surface area contributed by atoms with Crippen LogP contribution in [0.1, 0.15) is 19.4 Å². The van der Waals surface area contributed by atoms with Gasteiger partial charge in [0.2, 0.25) is 0 Å². The first-order chi connectivity index (χ1) is 9.01. The molecule has 1 N–H and O–H groups in total. The summed E-state index contributed by atoms with van der Waals surface area (Å²) in [6.07, 6.45) is 5.58. The first kappa shape index (κ1) is 13.6. The highest BCUT2D eigenvalue weighted by molar-refractivity contribution is 5.75. The lowest BCUT2D eigenvalue weighted by molar-refractivity contribution is -0.147. The average Bonchev–Trinajstić information content (AvgIpc) is 2.41. The second-order valence-electron chi connectivity index (χ2n) is 4.88. The summed E-state index contributed by atoms with van der Waals surface area (Å²) in [6, 6.07) is 9.98. The molecule has 0 saturated carbocycles. The Kier molecular flexibility index (Phi) is 3.86. The number of carbonyl (C=O) groups excluding carboxylic acids is 1. The van der Waals surface area contributed by atoms with Crippen LogP contribution in [0, 0.1) is 5.92 Å². The molecule has 1 aliphatic carbocycles. The largest absolute Gasteiger partial charge is 0.462 e. The summed E-state index contributed by atoms with van der Waals surface area (Å²) in [5, 5.41) is 10.4. The van der Waals surface area contributed by atoms with E-state index in [1.54, 1.807) is 6.08 Å². The SMILES string of the molecule is CC(=O)OCC1(O)C=CC(c2ccccc2)=CC1C. The van der Waals surface area contributed by atoms with Crippen molar-refractivity contribution in [3.05, 3.63) is 54.1 Å². The van der Waals surface area contributed by atoms with Gasteiger partial charge >= 0.3 is 5.97 Å². The van der Waals surface area contributed by atoms with Gasteiger partial charge in [0.1, 0.15) is 12.2 Å². The van der Waals surface area contributed by atoms with E-state index in [-0.39, 0.29) is 18.5 Å². The Morgan fingerprint density at radius 2 is 2.05 bits per heavy atom. The Morgan fingerprint density at radius 3 is 2.63 bits per heavy atom. The van der Waals surface area contributed by atoms with Crippen LogP contribution in [-0.4, -0.2) is 23.3 Å². The lowest BCUT2D eigenvalue weighted by Crippen LogP contribution is -2.40. The maximum atomic E-state index is 10.8. The van der Waals surface area contributed by atoms with Crippen LogP contribution in [0.15, 0.2) is 48.6 Å². The van der Waals surface area contributed by atoms with Crippen LogP contribution < -0.4 is 0 Å². The third kappa shape index (κ3) is 3.12. The lowest BCUT2D eigenvalue weighted by atomic mass is 9.82. The molecule has 2 rings (SSSR count). The molecule has 1 aromatic rings. The number of ether oxygens (including phenoxy) is 1. The van der Waals surface area contributed by atoms with Crippen molar-refractivity contribution in [1.82, 2.24) is 0 Å². The van der Waals surface area contributed by atoms with Crippen LogP contribution in [0.5, 0.6) is 0 Å². The highest BCUT2D eigenvalue weighted by Gasteiger charge is 2.33. The van der Waals surface area contributed by atoms with Gasteiger partial charge in [0.05, 0.1) is 0 Å². The van der Waals surface area contributed by atoms with Crippen molar-refractivity contribution >= 4 is 11.5 Å². The van der Waals surface area contributed by atoms with Gasteiger partial charge in [-0.1, -0.05) is 49.4 Å². The molecule has 0 fully saturated rings. The van der Waals surface area contributed by atoms with Crippen LogP contribution in [0.2, 0.25) is 0 Å². The summed E-state index contributed by atoms with van der Waals surface area (Å²) in [7, 11) is 0. The predicted octanol–water partition coefficient (Wildman–Crippen LogP) is 2.57. The first-order valence-corrected chi connectivity index (χ1v) is 6.33. The minimum atomic E-state index is -1.12. The van der Waals surface area contributed by atoms with Crippen LogP contribution >= 0.6 is 0 Å². The minimum absolute atomic E-state index is 0.0153. The number of hydrogen-bond acceptors (Lipinski definition) is 3. The molecular weight excluding hydrogens is 240 g/mol. The smallest absolute Gasteiger partial charge is 0.302 e. The van der Waals surface area contributed by atoms with E-state index >= 15 is 0 Å². The van der Waals surface area contributed by atoms with Crippen molar-refractivity contribution < 1.29 is 14.6 Å². The fourth-order valence-corrected chi connectivity index (χ4v) is 2.07. The fraction of sp³-hybridized carbons (Fsp3) is 0.312. The molecule has 1 aliphatic rings. The van der Waals surface area contributed by atoms with Gasteiger partial charge in [-0.15, -0.1) is 0 Å².